The molecule has 4 rings (SSSR count). The van der Waals surface area contributed by atoms with E-state index in [1.165, 1.54) is 42.3 Å². The molecule has 1 N–H and O–H groups in total. The molecule has 2 saturated carbocycles. The van der Waals surface area contributed by atoms with E-state index >= 15 is 0 Å². The largest absolute Gasteiger partial charge is 0.358 e. The molecule has 88 valence electrons. The number of halogens is 1. The number of rotatable bonds is 1. The Balaban J connectivity index is 1.76. The van der Waals surface area contributed by atoms with Gasteiger partial charge in [0.15, 0.2) is 0 Å². The fourth-order valence-corrected chi connectivity index (χ4v) is 4.12. The molecule has 0 amide bonds. The summed E-state index contributed by atoms with van der Waals surface area (Å²) in [4.78, 5) is 3.58. The van der Waals surface area contributed by atoms with Crippen molar-refractivity contribution < 1.29 is 0 Å². The van der Waals surface area contributed by atoms with Gasteiger partial charge in [0.25, 0.3) is 0 Å². The Morgan fingerprint density at radius 3 is 2.82 bits per heavy atom. The first-order chi connectivity index (χ1) is 8.29. The lowest BCUT2D eigenvalue weighted by Crippen LogP contribution is -2.08. The van der Waals surface area contributed by atoms with E-state index in [9.17, 15) is 0 Å². The Hall–Kier alpha value is -0.950. The van der Waals surface area contributed by atoms with Crippen LogP contribution in [0.2, 0.25) is 5.02 Å². The molecule has 2 fully saturated rings. The van der Waals surface area contributed by atoms with Crippen LogP contribution in [0.3, 0.4) is 0 Å². The van der Waals surface area contributed by atoms with Crippen molar-refractivity contribution in [2.75, 3.05) is 0 Å². The van der Waals surface area contributed by atoms with Crippen LogP contribution < -0.4 is 0 Å². The molecule has 3 atom stereocenters. The molecule has 0 saturated heterocycles. The van der Waals surface area contributed by atoms with Crippen LogP contribution in [0.25, 0.3) is 10.9 Å². The first kappa shape index (κ1) is 10.0. The zero-order chi connectivity index (χ0) is 11.4. The summed E-state index contributed by atoms with van der Waals surface area (Å²) in [5.74, 6) is 2.71. The van der Waals surface area contributed by atoms with E-state index in [-0.39, 0.29) is 0 Å². The van der Waals surface area contributed by atoms with Crippen molar-refractivity contribution in [1.82, 2.24) is 4.98 Å². The van der Waals surface area contributed by atoms with Crippen LogP contribution >= 0.6 is 11.6 Å². The highest BCUT2D eigenvalue weighted by atomic mass is 35.5. The highest BCUT2D eigenvalue weighted by molar-refractivity contribution is 6.31. The minimum atomic E-state index is 0.778. The van der Waals surface area contributed by atoms with Crippen molar-refractivity contribution in [1.29, 1.82) is 0 Å². The highest BCUT2D eigenvalue weighted by Crippen LogP contribution is 2.52. The molecule has 1 aromatic carbocycles. The Labute approximate surface area is 106 Å². The van der Waals surface area contributed by atoms with Crippen molar-refractivity contribution in [3.63, 3.8) is 0 Å². The topological polar surface area (TPSA) is 15.8 Å². The van der Waals surface area contributed by atoms with E-state index in [0.717, 1.165) is 22.8 Å². The summed E-state index contributed by atoms with van der Waals surface area (Å²) in [5, 5.41) is 2.12. The molecule has 0 spiro atoms. The number of fused-ring (bicyclic) bond motifs is 3. The molecule has 2 aromatic rings. The zero-order valence-electron chi connectivity index (χ0n) is 9.75. The molecule has 3 unspecified atom stereocenters. The quantitative estimate of drug-likeness (QED) is 0.748. The van der Waals surface area contributed by atoms with Crippen LogP contribution in [0.1, 0.15) is 37.3 Å². The second-order valence-corrected chi connectivity index (χ2v) is 6.17. The summed E-state index contributed by atoms with van der Waals surface area (Å²) in [5.41, 5.74) is 2.63. The van der Waals surface area contributed by atoms with Gasteiger partial charge in [0.1, 0.15) is 0 Å². The maximum Gasteiger partial charge on any atom is 0.0471 e. The lowest BCUT2D eigenvalue weighted by molar-refractivity contribution is 0.415. The van der Waals surface area contributed by atoms with Gasteiger partial charge in [0.05, 0.1) is 0 Å². The lowest BCUT2D eigenvalue weighted by Gasteiger charge is -2.20. The smallest absolute Gasteiger partial charge is 0.0471 e. The maximum atomic E-state index is 6.03. The lowest BCUT2D eigenvalue weighted by atomic mass is 9.86. The molecule has 2 aliphatic carbocycles. The average Bonchev–Trinajstić information content (AvgIpc) is 3.01. The van der Waals surface area contributed by atoms with E-state index in [1.807, 2.05) is 12.1 Å². The number of nitrogens with one attached hydrogen (secondary N) is 1. The van der Waals surface area contributed by atoms with Gasteiger partial charge in [0, 0.05) is 22.2 Å². The van der Waals surface area contributed by atoms with Crippen LogP contribution in [0.4, 0.5) is 0 Å². The maximum absolute atomic E-state index is 6.03. The Kier molecular flexibility index (Phi) is 2.07. The van der Waals surface area contributed by atoms with E-state index in [1.54, 1.807) is 0 Å². The number of hydrogen-bond acceptors (Lipinski definition) is 0. The van der Waals surface area contributed by atoms with Gasteiger partial charge in [-0.2, -0.15) is 0 Å². The van der Waals surface area contributed by atoms with Crippen molar-refractivity contribution in [2.24, 2.45) is 11.8 Å². The van der Waals surface area contributed by atoms with E-state index in [2.05, 4.69) is 17.1 Å². The third-order valence-corrected chi connectivity index (χ3v) is 4.98. The van der Waals surface area contributed by atoms with Crippen molar-refractivity contribution in [3.05, 3.63) is 35.0 Å². The molecule has 1 nitrogen and oxygen atoms in total. The minimum Gasteiger partial charge on any atom is -0.358 e. The summed E-state index contributed by atoms with van der Waals surface area (Å²) in [6, 6.07) is 8.46. The summed E-state index contributed by atoms with van der Waals surface area (Å²) in [6.07, 6.45) is 5.75. The van der Waals surface area contributed by atoms with Crippen LogP contribution in [-0.2, 0) is 0 Å². The third kappa shape index (κ3) is 1.52. The Morgan fingerprint density at radius 2 is 2.06 bits per heavy atom. The molecule has 2 aliphatic rings. The first-order valence-corrected chi connectivity index (χ1v) is 6.95. The van der Waals surface area contributed by atoms with E-state index in [4.69, 9.17) is 11.6 Å². The minimum absolute atomic E-state index is 0.778. The van der Waals surface area contributed by atoms with Gasteiger partial charge in [-0.15, -0.1) is 0 Å². The molecule has 17 heavy (non-hydrogen) atoms. The van der Waals surface area contributed by atoms with Gasteiger partial charge < -0.3 is 4.98 Å². The predicted molar refractivity (Wildman–Crippen MR) is 71.5 cm³/mol. The number of aromatic amines is 1. The van der Waals surface area contributed by atoms with Gasteiger partial charge >= 0.3 is 0 Å². The van der Waals surface area contributed by atoms with Gasteiger partial charge in [-0.25, -0.2) is 0 Å². The third-order valence-electron chi connectivity index (χ3n) is 4.74. The van der Waals surface area contributed by atoms with Gasteiger partial charge in [-0.1, -0.05) is 24.1 Å². The molecule has 0 radical (unpaired) electrons. The Bertz CT molecular complexity index is 571. The molecule has 1 heterocycles. The standard InChI is InChI=1S/C15H16ClN/c16-12-4-3-11-7-15(17-14(11)8-12)13-6-9-1-2-10(13)5-9/h3-4,7-10,13,17H,1-2,5-6H2. The second-order valence-electron chi connectivity index (χ2n) is 5.74. The van der Waals surface area contributed by atoms with Gasteiger partial charge in [0.2, 0.25) is 0 Å². The van der Waals surface area contributed by atoms with Crippen LogP contribution in [0, 0.1) is 11.8 Å². The summed E-state index contributed by atoms with van der Waals surface area (Å²) < 4.78 is 0. The molecular weight excluding hydrogens is 230 g/mol. The number of aromatic nitrogens is 1. The fraction of sp³-hybridized carbons (Fsp3) is 0.467. The first-order valence-electron chi connectivity index (χ1n) is 6.58. The molecule has 2 heteroatoms. The number of benzene rings is 1. The van der Waals surface area contributed by atoms with Crippen LogP contribution in [0.5, 0.6) is 0 Å². The summed E-state index contributed by atoms with van der Waals surface area (Å²) >= 11 is 6.03. The van der Waals surface area contributed by atoms with Crippen LogP contribution in [0.15, 0.2) is 24.3 Å². The zero-order valence-corrected chi connectivity index (χ0v) is 10.5. The summed E-state index contributed by atoms with van der Waals surface area (Å²) in [7, 11) is 0. The molecule has 2 bridgehead atoms. The monoisotopic (exact) mass is 245 g/mol. The van der Waals surface area contributed by atoms with Crippen molar-refractivity contribution in [3.8, 4) is 0 Å². The predicted octanol–water partition coefficient (Wildman–Crippen LogP) is 4.72. The molecule has 0 aliphatic heterocycles. The van der Waals surface area contributed by atoms with Gasteiger partial charge in [-0.3, -0.25) is 0 Å². The average molecular weight is 246 g/mol. The molecule has 1 aromatic heterocycles. The van der Waals surface area contributed by atoms with Crippen LogP contribution in [-0.4, -0.2) is 4.98 Å². The summed E-state index contributed by atoms with van der Waals surface area (Å²) in [6.45, 7) is 0. The SMILES string of the molecule is Clc1ccc2cc(C3CC4CCC3C4)[nH]c2c1. The van der Waals surface area contributed by atoms with Crippen molar-refractivity contribution >= 4 is 22.5 Å². The fourth-order valence-electron chi connectivity index (χ4n) is 3.95. The number of H-pyrrole nitrogens is 1. The Morgan fingerprint density at radius 1 is 1.12 bits per heavy atom. The van der Waals surface area contributed by atoms with E-state index < -0.39 is 0 Å². The van der Waals surface area contributed by atoms with E-state index in [0.29, 0.717) is 0 Å². The van der Waals surface area contributed by atoms with Crippen molar-refractivity contribution in [2.45, 2.75) is 31.6 Å². The number of hydrogen-bond donors (Lipinski definition) is 1. The second kappa shape index (κ2) is 3.52. The normalized spacial score (nSPS) is 31.5. The molecular formula is C15H16ClN. The van der Waals surface area contributed by atoms with Gasteiger partial charge in [-0.05, 0) is 54.7 Å². The highest BCUT2D eigenvalue weighted by Gasteiger charge is 2.40.